The molecule has 0 aliphatic carbocycles. The Morgan fingerprint density at radius 1 is 0.636 bits per heavy atom. The zero-order valence-corrected chi connectivity index (χ0v) is 15.6. The number of hydrogen-bond acceptors (Lipinski definition) is 2. The van der Waals surface area contributed by atoms with Gasteiger partial charge in [0.15, 0.2) is 0 Å². The molecule has 1 atom stereocenters. The third-order valence-electron chi connectivity index (χ3n) is 4.88. The van der Waals surface area contributed by atoms with Crippen LogP contribution in [0, 0.1) is 0 Å². The molecule has 2 nitrogen and oxygen atoms in total. The van der Waals surface area contributed by atoms with Crippen LogP contribution in [0.15, 0.2) is 0 Å². The van der Waals surface area contributed by atoms with E-state index >= 15 is 0 Å². The molecule has 0 aliphatic rings. The van der Waals surface area contributed by atoms with Gasteiger partial charge in [-0.1, -0.05) is 97.8 Å². The Morgan fingerprint density at radius 3 is 1.45 bits per heavy atom. The van der Waals surface area contributed by atoms with Crippen molar-refractivity contribution in [2.24, 2.45) is 0 Å². The maximum absolute atomic E-state index is 11.0. The van der Waals surface area contributed by atoms with Crippen molar-refractivity contribution in [3.8, 4) is 0 Å². The monoisotopic (exact) mass is 314 g/mol. The van der Waals surface area contributed by atoms with Crippen LogP contribution in [0.3, 0.4) is 0 Å². The summed E-state index contributed by atoms with van der Waals surface area (Å²) in [5, 5.41) is 21.5. The molecule has 0 aromatic heterocycles. The van der Waals surface area contributed by atoms with Crippen LogP contribution in [0.25, 0.3) is 0 Å². The first-order chi connectivity index (χ1) is 10.6. The minimum absolute atomic E-state index is 0.535. The van der Waals surface area contributed by atoms with Crippen LogP contribution in [0.5, 0.6) is 0 Å². The Hall–Kier alpha value is -0.0800. The molecule has 0 amide bonds. The fourth-order valence-electron chi connectivity index (χ4n) is 3.21. The van der Waals surface area contributed by atoms with Crippen LogP contribution < -0.4 is 0 Å². The molecule has 0 heterocycles. The minimum atomic E-state index is -0.840. The van der Waals surface area contributed by atoms with Gasteiger partial charge in [-0.15, -0.1) is 0 Å². The third-order valence-corrected chi connectivity index (χ3v) is 4.88. The lowest BCUT2D eigenvalue weighted by Crippen LogP contribution is -2.42. The van der Waals surface area contributed by atoms with Gasteiger partial charge in [-0.2, -0.15) is 0 Å². The van der Waals surface area contributed by atoms with E-state index < -0.39 is 11.7 Å². The maximum atomic E-state index is 11.0. The highest BCUT2D eigenvalue weighted by molar-refractivity contribution is 4.86. The van der Waals surface area contributed by atoms with Gasteiger partial charge in [-0.25, -0.2) is 0 Å². The molecule has 0 rings (SSSR count). The molecular formula is C20H42O2. The fourth-order valence-corrected chi connectivity index (χ4v) is 3.21. The van der Waals surface area contributed by atoms with Gasteiger partial charge in [0, 0.05) is 0 Å². The van der Waals surface area contributed by atoms with E-state index in [1.165, 1.54) is 57.8 Å². The van der Waals surface area contributed by atoms with E-state index in [1.807, 2.05) is 0 Å². The molecule has 0 bridgehead atoms. The maximum Gasteiger partial charge on any atom is 0.0905 e. The zero-order valence-electron chi connectivity index (χ0n) is 15.6. The Kier molecular flexibility index (Phi) is 14.5. The van der Waals surface area contributed by atoms with E-state index in [4.69, 9.17) is 0 Å². The smallest absolute Gasteiger partial charge is 0.0905 e. The summed E-state index contributed by atoms with van der Waals surface area (Å²) in [7, 11) is 0. The molecule has 0 aromatic carbocycles. The molecule has 2 heteroatoms. The highest BCUT2D eigenvalue weighted by atomic mass is 16.3. The van der Waals surface area contributed by atoms with Gasteiger partial charge in [-0.05, 0) is 19.3 Å². The van der Waals surface area contributed by atoms with Crippen molar-refractivity contribution >= 4 is 0 Å². The van der Waals surface area contributed by atoms with Crippen LogP contribution >= 0.6 is 0 Å². The summed E-state index contributed by atoms with van der Waals surface area (Å²) in [5.74, 6) is 0. The van der Waals surface area contributed by atoms with E-state index in [0.29, 0.717) is 0 Å². The van der Waals surface area contributed by atoms with Gasteiger partial charge < -0.3 is 10.2 Å². The van der Waals surface area contributed by atoms with Gasteiger partial charge in [0.05, 0.1) is 11.7 Å². The van der Waals surface area contributed by atoms with E-state index in [2.05, 4.69) is 20.8 Å². The first kappa shape index (κ1) is 21.9. The highest BCUT2D eigenvalue weighted by Crippen LogP contribution is 2.29. The number of hydrogen-bond donors (Lipinski definition) is 2. The third kappa shape index (κ3) is 10.6. The zero-order chi connectivity index (χ0) is 16.7. The first-order valence-corrected chi connectivity index (χ1v) is 10.0. The molecule has 22 heavy (non-hydrogen) atoms. The molecule has 134 valence electrons. The van der Waals surface area contributed by atoms with Gasteiger partial charge in [-0.3, -0.25) is 0 Å². The molecule has 2 N–H and O–H groups in total. The quantitative estimate of drug-likeness (QED) is 0.343. The van der Waals surface area contributed by atoms with Crippen molar-refractivity contribution in [3.63, 3.8) is 0 Å². The second-order valence-electron chi connectivity index (χ2n) is 7.09. The number of aliphatic hydroxyl groups excluding tert-OH is 1. The van der Waals surface area contributed by atoms with Crippen molar-refractivity contribution in [3.05, 3.63) is 0 Å². The Bertz CT molecular complexity index is 216. The van der Waals surface area contributed by atoms with Crippen LogP contribution in [0.2, 0.25) is 0 Å². The normalized spacial score (nSPS) is 13.5. The number of unbranched alkanes of at least 4 members (excludes halogenated alkanes) is 9. The van der Waals surface area contributed by atoms with E-state index in [1.54, 1.807) is 0 Å². The van der Waals surface area contributed by atoms with Crippen molar-refractivity contribution in [1.82, 2.24) is 0 Å². The Balaban J connectivity index is 4.26. The van der Waals surface area contributed by atoms with Gasteiger partial charge in [0.25, 0.3) is 0 Å². The predicted molar refractivity (Wildman–Crippen MR) is 97.2 cm³/mol. The molecule has 0 spiro atoms. The molecule has 0 radical (unpaired) electrons. The SMILES string of the molecule is CCCCCCC(O)C(O)(CCCCCC)CCCCCC. The summed E-state index contributed by atoms with van der Waals surface area (Å²) >= 11 is 0. The summed E-state index contributed by atoms with van der Waals surface area (Å²) in [6.45, 7) is 6.62. The molecular weight excluding hydrogens is 272 g/mol. The molecule has 0 aliphatic heterocycles. The average Bonchev–Trinajstić information content (AvgIpc) is 2.52. The second kappa shape index (κ2) is 14.5. The number of rotatable bonds is 16. The minimum Gasteiger partial charge on any atom is -0.390 e. The van der Waals surface area contributed by atoms with E-state index in [-0.39, 0.29) is 0 Å². The Labute approximate surface area is 139 Å². The summed E-state index contributed by atoms with van der Waals surface area (Å²) < 4.78 is 0. The van der Waals surface area contributed by atoms with Gasteiger partial charge >= 0.3 is 0 Å². The topological polar surface area (TPSA) is 40.5 Å². The van der Waals surface area contributed by atoms with Crippen molar-refractivity contribution < 1.29 is 10.2 Å². The lowest BCUT2D eigenvalue weighted by molar-refractivity contribution is -0.0919. The molecule has 0 saturated carbocycles. The van der Waals surface area contributed by atoms with Crippen molar-refractivity contribution in [2.75, 3.05) is 0 Å². The average molecular weight is 315 g/mol. The summed E-state index contributed by atoms with van der Waals surface area (Å²) in [6.07, 6.45) is 15.8. The van der Waals surface area contributed by atoms with E-state index in [9.17, 15) is 10.2 Å². The molecule has 0 aromatic rings. The van der Waals surface area contributed by atoms with Crippen molar-refractivity contribution in [2.45, 2.75) is 129 Å². The first-order valence-electron chi connectivity index (χ1n) is 10.0. The molecule has 0 saturated heterocycles. The van der Waals surface area contributed by atoms with Gasteiger partial charge in [0.2, 0.25) is 0 Å². The fraction of sp³-hybridized carbons (Fsp3) is 1.00. The highest BCUT2D eigenvalue weighted by Gasteiger charge is 2.33. The lowest BCUT2D eigenvalue weighted by Gasteiger charge is -2.33. The largest absolute Gasteiger partial charge is 0.390 e. The van der Waals surface area contributed by atoms with Crippen LogP contribution in [0.1, 0.15) is 117 Å². The van der Waals surface area contributed by atoms with Crippen LogP contribution in [-0.4, -0.2) is 21.9 Å². The summed E-state index contributed by atoms with van der Waals surface area (Å²) in [5.41, 5.74) is -0.840. The van der Waals surface area contributed by atoms with E-state index in [0.717, 1.165) is 38.5 Å². The molecule has 0 fully saturated rings. The van der Waals surface area contributed by atoms with Gasteiger partial charge in [0.1, 0.15) is 0 Å². The second-order valence-corrected chi connectivity index (χ2v) is 7.09. The standard InChI is InChI=1S/C20H42O2/c1-4-7-10-13-16-19(21)20(22,17-14-11-8-5-2)18-15-12-9-6-3/h19,21-22H,4-18H2,1-3H3. The van der Waals surface area contributed by atoms with Crippen LogP contribution in [0.4, 0.5) is 0 Å². The summed E-state index contributed by atoms with van der Waals surface area (Å²) in [4.78, 5) is 0. The summed E-state index contributed by atoms with van der Waals surface area (Å²) in [6, 6.07) is 0. The predicted octanol–water partition coefficient (Wildman–Crippen LogP) is 5.99. The van der Waals surface area contributed by atoms with Crippen molar-refractivity contribution in [1.29, 1.82) is 0 Å². The lowest BCUT2D eigenvalue weighted by atomic mass is 9.83. The Morgan fingerprint density at radius 2 is 1.05 bits per heavy atom. The molecule has 1 unspecified atom stereocenters. The van der Waals surface area contributed by atoms with Crippen LogP contribution in [-0.2, 0) is 0 Å². The number of aliphatic hydroxyl groups is 2.